The van der Waals surface area contributed by atoms with Gasteiger partial charge in [-0.15, -0.1) is 11.8 Å². The minimum Gasteiger partial charge on any atom is -0.369 e. The zero-order chi connectivity index (χ0) is 15.5. The fraction of sp³-hybridized carbons (Fsp3) is 0.500. The first-order valence-corrected chi connectivity index (χ1v) is 8.67. The number of fused-ring (bicyclic) bond motifs is 1. The molecule has 2 amide bonds. The lowest BCUT2D eigenvalue weighted by atomic mass is 9.96. The molecule has 2 N–H and O–H groups in total. The highest BCUT2D eigenvalue weighted by molar-refractivity contribution is 7.99. The molecule has 0 aromatic heterocycles. The standard InChI is InChI=1S/C16H21N3O2S/c17-16(21)12-5-7-18(8-6-12)15(20)11-19-9-10-22-14-4-2-1-3-13(14)19/h1-4,12H,5-11H2,(H2,17,21). The van der Waals surface area contributed by atoms with Crippen molar-refractivity contribution in [3.05, 3.63) is 24.3 Å². The minimum absolute atomic E-state index is 0.0730. The molecule has 22 heavy (non-hydrogen) atoms. The number of primary amides is 1. The number of piperidine rings is 1. The van der Waals surface area contributed by atoms with Crippen LogP contribution in [0.25, 0.3) is 0 Å². The molecule has 6 heteroatoms. The molecule has 1 aromatic carbocycles. The summed E-state index contributed by atoms with van der Waals surface area (Å²) in [7, 11) is 0. The second-order valence-corrected chi connectivity index (χ2v) is 6.93. The summed E-state index contributed by atoms with van der Waals surface area (Å²) < 4.78 is 0. The maximum Gasteiger partial charge on any atom is 0.242 e. The van der Waals surface area contributed by atoms with E-state index < -0.39 is 0 Å². The number of para-hydroxylation sites is 1. The van der Waals surface area contributed by atoms with Crippen molar-refractivity contribution < 1.29 is 9.59 Å². The largest absolute Gasteiger partial charge is 0.369 e. The quantitative estimate of drug-likeness (QED) is 0.912. The zero-order valence-corrected chi connectivity index (χ0v) is 13.3. The van der Waals surface area contributed by atoms with Gasteiger partial charge in [0, 0.05) is 36.2 Å². The Labute approximate surface area is 134 Å². The van der Waals surface area contributed by atoms with Gasteiger partial charge in [0.05, 0.1) is 12.2 Å². The first-order chi connectivity index (χ1) is 10.6. The molecular weight excluding hydrogens is 298 g/mol. The lowest BCUT2D eigenvalue weighted by molar-refractivity contribution is -0.133. The molecule has 0 aliphatic carbocycles. The second kappa shape index (κ2) is 6.60. The number of thioether (sulfide) groups is 1. The minimum atomic E-state index is -0.242. The number of hydrogen-bond donors (Lipinski definition) is 1. The number of nitrogens with two attached hydrogens (primary N) is 1. The van der Waals surface area contributed by atoms with Gasteiger partial charge < -0.3 is 15.5 Å². The fourth-order valence-electron chi connectivity index (χ4n) is 3.07. The molecular formula is C16H21N3O2S. The van der Waals surface area contributed by atoms with E-state index in [2.05, 4.69) is 17.0 Å². The zero-order valence-electron chi connectivity index (χ0n) is 12.5. The Balaban J connectivity index is 1.60. The number of benzene rings is 1. The van der Waals surface area contributed by atoms with E-state index in [1.807, 2.05) is 28.8 Å². The summed E-state index contributed by atoms with van der Waals surface area (Å²) in [4.78, 5) is 29.0. The molecule has 0 unspecified atom stereocenters. The molecule has 3 rings (SSSR count). The number of hydrogen-bond acceptors (Lipinski definition) is 4. The van der Waals surface area contributed by atoms with Crippen LogP contribution < -0.4 is 10.6 Å². The van der Waals surface area contributed by atoms with Crippen LogP contribution in [0.5, 0.6) is 0 Å². The van der Waals surface area contributed by atoms with E-state index in [4.69, 9.17) is 5.73 Å². The normalized spacial score (nSPS) is 18.9. The molecule has 1 saturated heterocycles. The molecule has 118 valence electrons. The van der Waals surface area contributed by atoms with Gasteiger partial charge in [0.2, 0.25) is 11.8 Å². The lowest BCUT2D eigenvalue weighted by Gasteiger charge is -2.35. The molecule has 1 aromatic rings. The topological polar surface area (TPSA) is 66.6 Å². The number of amides is 2. The molecule has 0 saturated carbocycles. The van der Waals surface area contributed by atoms with Crippen molar-refractivity contribution in [3.63, 3.8) is 0 Å². The summed E-state index contributed by atoms with van der Waals surface area (Å²) in [5.74, 6) is 0.837. The van der Waals surface area contributed by atoms with Crippen molar-refractivity contribution in [3.8, 4) is 0 Å². The van der Waals surface area contributed by atoms with Gasteiger partial charge >= 0.3 is 0 Å². The highest BCUT2D eigenvalue weighted by Crippen LogP contribution is 2.34. The monoisotopic (exact) mass is 319 g/mol. The molecule has 0 spiro atoms. The van der Waals surface area contributed by atoms with Crippen LogP contribution >= 0.6 is 11.8 Å². The fourth-order valence-corrected chi connectivity index (χ4v) is 4.12. The predicted octanol–water partition coefficient (Wildman–Crippen LogP) is 1.32. The summed E-state index contributed by atoms with van der Waals surface area (Å²) in [6, 6.07) is 8.23. The van der Waals surface area contributed by atoms with E-state index in [9.17, 15) is 9.59 Å². The van der Waals surface area contributed by atoms with Crippen molar-refractivity contribution in [2.75, 3.05) is 36.8 Å². The smallest absolute Gasteiger partial charge is 0.242 e. The number of nitrogens with zero attached hydrogens (tertiary/aromatic N) is 2. The van der Waals surface area contributed by atoms with E-state index in [0.717, 1.165) is 18.0 Å². The Bertz CT molecular complexity index is 570. The molecule has 2 aliphatic rings. The second-order valence-electron chi connectivity index (χ2n) is 5.80. The molecule has 2 aliphatic heterocycles. The molecule has 0 radical (unpaired) electrons. The van der Waals surface area contributed by atoms with Crippen LogP contribution in [0.4, 0.5) is 5.69 Å². The molecule has 0 atom stereocenters. The highest BCUT2D eigenvalue weighted by Gasteiger charge is 2.27. The third kappa shape index (κ3) is 3.21. The van der Waals surface area contributed by atoms with Crippen LogP contribution in [-0.2, 0) is 9.59 Å². The average Bonchev–Trinajstić information content (AvgIpc) is 2.55. The highest BCUT2D eigenvalue weighted by atomic mass is 32.2. The Kier molecular flexibility index (Phi) is 4.57. The van der Waals surface area contributed by atoms with Crippen molar-refractivity contribution in [1.82, 2.24) is 4.90 Å². The number of likely N-dealkylation sites (tertiary alicyclic amines) is 1. The van der Waals surface area contributed by atoms with Crippen LogP contribution in [0, 0.1) is 5.92 Å². The van der Waals surface area contributed by atoms with Gasteiger partial charge in [-0.2, -0.15) is 0 Å². The molecule has 5 nitrogen and oxygen atoms in total. The first kappa shape index (κ1) is 15.2. The summed E-state index contributed by atoms with van der Waals surface area (Å²) in [6.07, 6.45) is 1.38. The van der Waals surface area contributed by atoms with Crippen LogP contribution in [0.1, 0.15) is 12.8 Å². The summed E-state index contributed by atoms with van der Waals surface area (Å²) in [6.45, 7) is 2.58. The Morgan fingerprint density at radius 1 is 1.18 bits per heavy atom. The number of anilines is 1. The first-order valence-electron chi connectivity index (χ1n) is 7.69. The van der Waals surface area contributed by atoms with Crippen LogP contribution in [0.15, 0.2) is 29.2 Å². The van der Waals surface area contributed by atoms with E-state index in [-0.39, 0.29) is 17.7 Å². The van der Waals surface area contributed by atoms with E-state index in [0.29, 0.717) is 32.5 Å². The summed E-state index contributed by atoms with van der Waals surface area (Å²) >= 11 is 1.84. The van der Waals surface area contributed by atoms with Crippen molar-refractivity contribution in [2.45, 2.75) is 17.7 Å². The lowest BCUT2D eigenvalue weighted by Crippen LogP contribution is -2.46. The van der Waals surface area contributed by atoms with Crippen LogP contribution in [0.3, 0.4) is 0 Å². The van der Waals surface area contributed by atoms with Crippen molar-refractivity contribution in [1.29, 1.82) is 0 Å². The Morgan fingerprint density at radius 2 is 1.91 bits per heavy atom. The average molecular weight is 319 g/mol. The van der Waals surface area contributed by atoms with Crippen LogP contribution in [-0.4, -0.2) is 48.6 Å². The van der Waals surface area contributed by atoms with Crippen LogP contribution in [0.2, 0.25) is 0 Å². The third-order valence-electron chi connectivity index (χ3n) is 4.40. The van der Waals surface area contributed by atoms with Gasteiger partial charge in [0.25, 0.3) is 0 Å². The Hall–Kier alpha value is -1.69. The molecule has 1 fully saturated rings. The van der Waals surface area contributed by atoms with Gasteiger partial charge in [-0.25, -0.2) is 0 Å². The maximum absolute atomic E-state index is 12.5. The van der Waals surface area contributed by atoms with Gasteiger partial charge in [-0.1, -0.05) is 12.1 Å². The number of carbonyl (C=O) groups excluding carboxylic acids is 2. The SMILES string of the molecule is NC(=O)C1CCN(C(=O)CN2CCSc3ccccc32)CC1. The predicted molar refractivity (Wildman–Crippen MR) is 87.9 cm³/mol. The van der Waals surface area contributed by atoms with Crippen molar-refractivity contribution >= 4 is 29.3 Å². The third-order valence-corrected chi connectivity index (χ3v) is 5.44. The number of rotatable bonds is 3. The maximum atomic E-state index is 12.5. The number of carbonyl (C=O) groups is 2. The molecule has 0 bridgehead atoms. The van der Waals surface area contributed by atoms with Gasteiger partial charge in [-0.05, 0) is 25.0 Å². The van der Waals surface area contributed by atoms with Gasteiger partial charge in [0.15, 0.2) is 0 Å². The van der Waals surface area contributed by atoms with Gasteiger partial charge in [0.1, 0.15) is 0 Å². The Morgan fingerprint density at radius 3 is 2.64 bits per heavy atom. The van der Waals surface area contributed by atoms with E-state index in [1.54, 1.807) is 0 Å². The summed E-state index contributed by atoms with van der Waals surface area (Å²) in [5, 5.41) is 0. The van der Waals surface area contributed by atoms with Crippen molar-refractivity contribution in [2.24, 2.45) is 11.7 Å². The van der Waals surface area contributed by atoms with E-state index >= 15 is 0 Å². The van der Waals surface area contributed by atoms with E-state index in [1.165, 1.54) is 4.90 Å². The summed E-state index contributed by atoms with van der Waals surface area (Å²) in [5.41, 5.74) is 6.49. The van der Waals surface area contributed by atoms with Gasteiger partial charge in [-0.3, -0.25) is 9.59 Å². The molecule has 2 heterocycles.